The van der Waals surface area contributed by atoms with Gasteiger partial charge in [0.05, 0.1) is 24.0 Å². The third kappa shape index (κ3) is 3.37. The van der Waals surface area contributed by atoms with Crippen LogP contribution in [0.15, 0.2) is 0 Å². The zero-order valence-electron chi connectivity index (χ0n) is 12.8. The van der Waals surface area contributed by atoms with Crippen LogP contribution in [0.5, 0.6) is 0 Å². The number of rotatable bonds is 7. The summed E-state index contributed by atoms with van der Waals surface area (Å²) in [4.78, 5) is 0. The first-order valence-corrected chi connectivity index (χ1v) is 7.47. The van der Waals surface area contributed by atoms with Crippen molar-refractivity contribution in [1.29, 1.82) is 0 Å². The minimum absolute atomic E-state index is 0.260. The number of hydrogen-bond acceptors (Lipinski definition) is 5. The molecular formula is C14H26N4O2. The lowest BCUT2D eigenvalue weighted by molar-refractivity contribution is 0.0812. The Morgan fingerprint density at radius 3 is 2.80 bits per heavy atom. The normalized spacial score (nSPS) is 18.4. The van der Waals surface area contributed by atoms with Crippen molar-refractivity contribution in [3.05, 3.63) is 11.4 Å². The monoisotopic (exact) mass is 282 g/mol. The van der Waals surface area contributed by atoms with Gasteiger partial charge in [-0.25, -0.2) is 4.68 Å². The van der Waals surface area contributed by atoms with E-state index < -0.39 is 0 Å². The third-order valence-electron chi connectivity index (χ3n) is 3.93. The Labute approximate surface area is 120 Å². The van der Waals surface area contributed by atoms with Gasteiger partial charge in [0.2, 0.25) is 0 Å². The minimum atomic E-state index is 0.260. The van der Waals surface area contributed by atoms with Crippen molar-refractivity contribution < 1.29 is 9.47 Å². The highest BCUT2D eigenvalue weighted by molar-refractivity contribution is 5.17. The van der Waals surface area contributed by atoms with E-state index in [1.54, 1.807) is 7.11 Å². The van der Waals surface area contributed by atoms with Gasteiger partial charge in [-0.2, -0.15) is 0 Å². The molecule has 2 heterocycles. The van der Waals surface area contributed by atoms with Gasteiger partial charge in [0.15, 0.2) is 0 Å². The molecule has 6 heteroatoms. The fourth-order valence-electron chi connectivity index (χ4n) is 2.84. The smallest absolute Gasteiger partial charge is 0.0999 e. The molecule has 6 nitrogen and oxygen atoms in total. The maximum atomic E-state index is 5.48. The Balaban J connectivity index is 2.29. The predicted octanol–water partition coefficient (Wildman–Crippen LogP) is 1.49. The lowest BCUT2D eigenvalue weighted by Gasteiger charge is -2.26. The second kappa shape index (κ2) is 7.71. The van der Waals surface area contributed by atoms with Gasteiger partial charge in [0, 0.05) is 32.8 Å². The van der Waals surface area contributed by atoms with E-state index in [4.69, 9.17) is 9.47 Å². The van der Waals surface area contributed by atoms with Crippen molar-refractivity contribution in [2.45, 2.75) is 44.7 Å². The average molecular weight is 282 g/mol. The van der Waals surface area contributed by atoms with E-state index in [-0.39, 0.29) is 6.04 Å². The summed E-state index contributed by atoms with van der Waals surface area (Å²) in [5, 5.41) is 12.0. The van der Waals surface area contributed by atoms with E-state index >= 15 is 0 Å². The van der Waals surface area contributed by atoms with E-state index in [2.05, 4.69) is 27.2 Å². The molecule has 1 aromatic heterocycles. The largest absolute Gasteiger partial charge is 0.382 e. The summed E-state index contributed by atoms with van der Waals surface area (Å²) >= 11 is 0. The molecule has 0 saturated carbocycles. The molecule has 2 rings (SSSR count). The fraction of sp³-hybridized carbons (Fsp3) is 0.857. The Morgan fingerprint density at radius 1 is 1.45 bits per heavy atom. The molecule has 114 valence electrons. The van der Waals surface area contributed by atoms with Crippen LogP contribution in [0.4, 0.5) is 0 Å². The molecule has 1 aromatic rings. The highest BCUT2D eigenvalue weighted by Crippen LogP contribution is 2.31. The summed E-state index contributed by atoms with van der Waals surface area (Å²) in [5.74, 6) is 0.494. The summed E-state index contributed by atoms with van der Waals surface area (Å²) in [6, 6.07) is 0.260. The molecule has 1 unspecified atom stereocenters. The molecule has 0 spiro atoms. The first kappa shape index (κ1) is 15.4. The predicted molar refractivity (Wildman–Crippen MR) is 76.8 cm³/mol. The van der Waals surface area contributed by atoms with Gasteiger partial charge >= 0.3 is 0 Å². The van der Waals surface area contributed by atoms with Crippen molar-refractivity contribution >= 4 is 0 Å². The highest BCUT2D eigenvalue weighted by atomic mass is 16.5. The van der Waals surface area contributed by atoms with Gasteiger partial charge < -0.3 is 14.8 Å². The van der Waals surface area contributed by atoms with Gasteiger partial charge in [-0.05, 0) is 26.3 Å². The van der Waals surface area contributed by atoms with Crippen LogP contribution < -0.4 is 5.32 Å². The number of ether oxygens (including phenoxy) is 2. The molecule has 20 heavy (non-hydrogen) atoms. The third-order valence-corrected chi connectivity index (χ3v) is 3.93. The summed E-state index contributed by atoms with van der Waals surface area (Å²) in [5.41, 5.74) is 2.33. The van der Waals surface area contributed by atoms with E-state index in [1.807, 2.05) is 7.05 Å². The van der Waals surface area contributed by atoms with Crippen LogP contribution in [0, 0.1) is 0 Å². The lowest BCUT2D eigenvalue weighted by Crippen LogP contribution is -2.24. The number of hydrogen-bond donors (Lipinski definition) is 1. The maximum absolute atomic E-state index is 5.48. The standard InChI is InChI=1S/C14H26N4O2/c1-4-12(10-19-3)18-14(11-5-7-20-8-6-11)13(9-15-2)16-17-18/h11-12,15H,4-10H2,1-3H3. The van der Waals surface area contributed by atoms with Crippen molar-refractivity contribution in [3.8, 4) is 0 Å². The Hall–Kier alpha value is -0.980. The zero-order chi connectivity index (χ0) is 14.4. The molecule has 0 aliphatic carbocycles. The van der Waals surface area contributed by atoms with Gasteiger partial charge in [0.25, 0.3) is 0 Å². The van der Waals surface area contributed by atoms with E-state index in [1.165, 1.54) is 5.69 Å². The molecule has 1 fully saturated rings. The Bertz CT molecular complexity index is 402. The quantitative estimate of drug-likeness (QED) is 0.821. The average Bonchev–Trinajstić information content (AvgIpc) is 2.89. The molecule has 1 aliphatic heterocycles. The number of aromatic nitrogens is 3. The van der Waals surface area contributed by atoms with E-state index in [0.717, 1.165) is 44.7 Å². The molecule has 1 atom stereocenters. The number of nitrogens with zero attached hydrogens (tertiary/aromatic N) is 3. The molecule has 1 saturated heterocycles. The second-order valence-electron chi connectivity index (χ2n) is 5.30. The Kier molecular flexibility index (Phi) is 5.94. The first-order valence-electron chi connectivity index (χ1n) is 7.47. The van der Waals surface area contributed by atoms with Crippen LogP contribution in [0.2, 0.25) is 0 Å². The summed E-state index contributed by atoms with van der Waals surface area (Å²) in [6.07, 6.45) is 3.09. The molecule has 1 aliphatic rings. The van der Waals surface area contributed by atoms with E-state index in [9.17, 15) is 0 Å². The topological polar surface area (TPSA) is 61.2 Å². The number of methoxy groups -OCH3 is 1. The molecule has 0 bridgehead atoms. The first-order chi connectivity index (χ1) is 9.81. The Morgan fingerprint density at radius 2 is 2.20 bits per heavy atom. The van der Waals surface area contributed by atoms with Gasteiger partial charge in [-0.3, -0.25) is 0 Å². The van der Waals surface area contributed by atoms with E-state index in [0.29, 0.717) is 12.5 Å². The highest BCUT2D eigenvalue weighted by Gasteiger charge is 2.27. The van der Waals surface area contributed by atoms with Crippen molar-refractivity contribution in [3.63, 3.8) is 0 Å². The molecular weight excluding hydrogens is 256 g/mol. The van der Waals surface area contributed by atoms with Crippen LogP contribution in [0.25, 0.3) is 0 Å². The molecule has 0 amide bonds. The molecule has 1 N–H and O–H groups in total. The van der Waals surface area contributed by atoms with Crippen molar-refractivity contribution in [2.75, 3.05) is 34.0 Å². The van der Waals surface area contributed by atoms with Crippen LogP contribution in [0.3, 0.4) is 0 Å². The molecule has 0 radical (unpaired) electrons. The number of nitrogens with one attached hydrogen (secondary N) is 1. The van der Waals surface area contributed by atoms with Crippen LogP contribution >= 0.6 is 0 Å². The maximum Gasteiger partial charge on any atom is 0.0999 e. The van der Waals surface area contributed by atoms with Crippen LogP contribution in [-0.4, -0.2) is 49.0 Å². The summed E-state index contributed by atoms with van der Waals surface area (Å²) in [7, 11) is 3.68. The second-order valence-corrected chi connectivity index (χ2v) is 5.30. The zero-order valence-corrected chi connectivity index (χ0v) is 12.8. The van der Waals surface area contributed by atoms with Crippen molar-refractivity contribution in [2.24, 2.45) is 0 Å². The van der Waals surface area contributed by atoms with Crippen molar-refractivity contribution in [1.82, 2.24) is 20.3 Å². The minimum Gasteiger partial charge on any atom is -0.382 e. The van der Waals surface area contributed by atoms with Crippen LogP contribution in [-0.2, 0) is 16.0 Å². The summed E-state index contributed by atoms with van der Waals surface area (Å²) < 4.78 is 12.9. The fourth-order valence-corrected chi connectivity index (χ4v) is 2.84. The summed E-state index contributed by atoms with van der Waals surface area (Å²) in [6.45, 7) is 5.26. The van der Waals surface area contributed by atoms with Gasteiger partial charge in [-0.15, -0.1) is 5.10 Å². The SMILES string of the molecule is CCC(COC)n1nnc(CNC)c1C1CCOCC1. The molecule has 0 aromatic carbocycles. The van der Waals surface area contributed by atoms with Crippen LogP contribution in [0.1, 0.15) is 49.5 Å². The van der Waals surface area contributed by atoms with Gasteiger partial charge in [-0.1, -0.05) is 12.1 Å². The lowest BCUT2D eigenvalue weighted by atomic mass is 9.94. The van der Waals surface area contributed by atoms with Gasteiger partial charge in [0.1, 0.15) is 0 Å².